The Balaban J connectivity index is 2.12. The van der Waals surface area contributed by atoms with Gasteiger partial charge < -0.3 is 10.2 Å². The molecule has 3 rings (SSSR count). The fraction of sp³-hybridized carbons (Fsp3) is 0.214. The number of carboxylic acids is 2. The summed E-state index contributed by atoms with van der Waals surface area (Å²) in [6, 6.07) is 15.4. The fourth-order valence-electron chi connectivity index (χ4n) is 3.68. The lowest BCUT2D eigenvalue weighted by Gasteiger charge is -2.13. The van der Waals surface area contributed by atoms with Crippen LogP contribution in [0.15, 0.2) is 60.7 Å². The first-order valence-corrected chi connectivity index (χ1v) is 10.9. The zero-order valence-electron chi connectivity index (χ0n) is 19.5. The molecule has 3 aromatic carbocycles. The molecule has 3 aromatic rings. The average Bonchev–Trinajstić information content (AvgIpc) is 2.82. The van der Waals surface area contributed by atoms with Crippen molar-refractivity contribution < 1.29 is 29.4 Å². The number of carbonyl (C=O) groups is 4. The monoisotopic (exact) mass is 458 g/mol. The summed E-state index contributed by atoms with van der Waals surface area (Å²) in [5.41, 5.74) is 1.05. The van der Waals surface area contributed by atoms with Crippen LogP contribution in [-0.2, 0) is 0 Å². The van der Waals surface area contributed by atoms with Gasteiger partial charge in [0.2, 0.25) is 0 Å². The van der Waals surface area contributed by atoms with E-state index in [1.54, 1.807) is 48.5 Å². The van der Waals surface area contributed by atoms with Crippen LogP contribution in [0.1, 0.15) is 103 Å². The number of carbonyl (C=O) groups excluding carboxylic acids is 2. The Morgan fingerprint density at radius 1 is 0.529 bits per heavy atom. The maximum absolute atomic E-state index is 13.1. The number of hydrogen-bond acceptors (Lipinski definition) is 4. The molecule has 6 heteroatoms. The number of aromatic carboxylic acids is 2. The summed E-state index contributed by atoms with van der Waals surface area (Å²) in [5.74, 6) is -3.62. The first-order valence-electron chi connectivity index (χ1n) is 10.9. The molecule has 2 N–H and O–H groups in total. The van der Waals surface area contributed by atoms with Gasteiger partial charge in [0.1, 0.15) is 0 Å². The van der Waals surface area contributed by atoms with Gasteiger partial charge in [0.05, 0.1) is 11.1 Å². The topological polar surface area (TPSA) is 109 Å². The standard InChI is InChI=1S/C28H26O6/c1-15(2)17-5-9-19(10-6-17)25(29)21-13-24(28(33)34)22(14-23(21)27(31)32)26(30)20-11-7-18(8-12-20)16(3)4/h5-16H,1-4H3,(H,31,32)(H,33,34). The maximum atomic E-state index is 13.1. The zero-order valence-corrected chi connectivity index (χ0v) is 19.5. The van der Waals surface area contributed by atoms with Crippen LogP contribution in [0.4, 0.5) is 0 Å². The number of carboxylic acid groups (broad SMARTS) is 2. The molecule has 174 valence electrons. The second-order valence-corrected chi connectivity index (χ2v) is 8.77. The van der Waals surface area contributed by atoms with Gasteiger partial charge in [-0.15, -0.1) is 0 Å². The van der Waals surface area contributed by atoms with Gasteiger partial charge in [-0.25, -0.2) is 9.59 Å². The highest BCUT2D eigenvalue weighted by atomic mass is 16.4. The van der Waals surface area contributed by atoms with Crippen LogP contribution in [0.25, 0.3) is 0 Å². The van der Waals surface area contributed by atoms with Crippen LogP contribution in [-0.4, -0.2) is 33.7 Å². The molecule has 0 amide bonds. The maximum Gasteiger partial charge on any atom is 0.336 e. The van der Waals surface area contributed by atoms with Crippen LogP contribution in [0, 0.1) is 0 Å². The lowest BCUT2D eigenvalue weighted by molar-refractivity contribution is 0.0677. The molecule has 34 heavy (non-hydrogen) atoms. The van der Waals surface area contributed by atoms with Crippen molar-refractivity contribution in [3.63, 3.8) is 0 Å². The van der Waals surface area contributed by atoms with Crippen LogP contribution in [0.3, 0.4) is 0 Å². The summed E-state index contributed by atoms with van der Waals surface area (Å²) in [6.45, 7) is 8.02. The molecule has 0 aliphatic carbocycles. The first kappa shape index (κ1) is 24.6. The number of ketones is 2. The molecule has 0 bridgehead atoms. The highest BCUT2D eigenvalue weighted by Gasteiger charge is 2.26. The van der Waals surface area contributed by atoms with Gasteiger partial charge in [0.25, 0.3) is 0 Å². The summed E-state index contributed by atoms with van der Waals surface area (Å²) < 4.78 is 0. The van der Waals surface area contributed by atoms with Gasteiger partial charge in [0.15, 0.2) is 11.6 Å². The Hall–Kier alpha value is -4.06. The quantitative estimate of drug-likeness (QED) is 0.414. The largest absolute Gasteiger partial charge is 0.478 e. The predicted molar refractivity (Wildman–Crippen MR) is 128 cm³/mol. The normalized spacial score (nSPS) is 11.0. The van der Waals surface area contributed by atoms with E-state index in [1.807, 2.05) is 27.7 Å². The molecule has 0 aliphatic rings. The van der Waals surface area contributed by atoms with E-state index >= 15 is 0 Å². The van der Waals surface area contributed by atoms with Crippen LogP contribution < -0.4 is 0 Å². The van der Waals surface area contributed by atoms with Crippen molar-refractivity contribution in [3.05, 3.63) is 105 Å². The minimum absolute atomic E-state index is 0.228. The van der Waals surface area contributed by atoms with Gasteiger partial charge in [0, 0.05) is 22.3 Å². The van der Waals surface area contributed by atoms with E-state index in [4.69, 9.17) is 0 Å². The van der Waals surface area contributed by atoms with Gasteiger partial charge in [-0.3, -0.25) is 9.59 Å². The highest BCUT2D eigenvalue weighted by Crippen LogP contribution is 2.25. The molecule has 0 aromatic heterocycles. The van der Waals surface area contributed by atoms with Crippen molar-refractivity contribution in [2.24, 2.45) is 0 Å². The predicted octanol–water partition coefficient (Wildman–Crippen LogP) is 5.79. The molecule has 0 spiro atoms. The molecule has 0 heterocycles. The number of benzene rings is 3. The van der Waals surface area contributed by atoms with Crippen molar-refractivity contribution in [2.45, 2.75) is 39.5 Å². The summed E-state index contributed by atoms with van der Waals surface area (Å²) in [6.07, 6.45) is 0. The summed E-state index contributed by atoms with van der Waals surface area (Å²) >= 11 is 0. The van der Waals surface area contributed by atoms with E-state index in [-0.39, 0.29) is 34.1 Å². The molecule has 0 atom stereocenters. The second kappa shape index (κ2) is 9.83. The van der Waals surface area contributed by atoms with Crippen LogP contribution in [0.5, 0.6) is 0 Å². The van der Waals surface area contributed by atoms with Gasteiger partial charge in [-0.05, 0) is 35.1 Å². The van der Waals surface area contributed by atoms with Crippen molar-refractivity contribution >= 4 is 23.5 Å². The molecule has 6 nitrogen and oxygen atoms in total. The SMILES string of the molecule is CC(C)c1ccc(C(=O)c2cc(C(=O)O)c(C(=O)c3ccc(C(C)C)cc3)cc2C(=O)O)cc1. The molecular formula is C28H26O6. The molecule has 0 aliphatic heterocycles. The Kier molecular flexibility index (Phi) is 7.11. The fourth-order valence-corrected chi connectivity index (χ4v) is 3.68. The molecule has 0 saturated carbocycles. The van der Waals surface area contributed by atoms with Crippen molar-refractivity contribution in [1.29, 1.82) is 0 Å². The van der Waals surface area contributed by atoms with Gasteiger partial charge in [-0.2, -0.15) is 0 Å². The summed E-state index contributed by atoms with van der Waals surface area (Å²) in [4.78, 5) is 50.3. The highest BCUT2D eigenvalue weighted by molar-refractivity contribution is 6.19. The third-order valence-electron chi connectivity index (χ3n) is 5.79. The molecule has 0 unspecified atom stereocenters. The van der Waals surface area contributed by atoms with Gasteiger partial charge in [-0.1, -0.05) is 76.2 Å². The summed E-state index contributed by atoms with van der Waals surface area (Å²) in [7, 11) is 0. The minimum atomic E-state index is -1.43. The smallest absolute Gasteiger partial charge is 0.336 e. The Morgan fingerprint density at radius 3 is 1.06 bits per heavy atom. The molecule has 0 fully saturated rings. The lowest BCUT2D eigenvalue weighted by Crippen LogP contribution is -2.17. The van der Waals surface area contributed by atoms with Crippen molar-refractivity contribution in [1.82, 2.24) is 0 Å². The second-order valence-electron chi connectivity index (χ2n) is 8.77. The van der Waals surface area contributed by atoms with Gasteiger partial charge >= 0.3 is 11.9 Å². The van der Waals surface area contributed by atoms with E-state index in [0.29, 0.717) is 0 Å². The van der Waals surface area contributed by atoms with Crippen LogP contribution in [0.2, 0.25) is 0 Å². The van der Waals surface area contributed by atoms with Crippen LogP contribution >= 0.6 is 0 Å². The van der Waals surface area contributed by atoms with E-state index in [1.165, 1.54) is 0 Å². The van der Waals surface area contributed by atoms with E-state index < -0.39 is 34.6 Å². The first-order chi connectivity index (χ1) is 16.0. The minimum Gasteiger partial charge on any atom is -0.478 e. The van der Waals surface area contributed by atoms with E-state index in [9.17, 15) is 29.4 Å². The zero-order chi connectivity index (χ0) is 25.2. The van der Waals surface area contributed by atoms with Crippen molar-refractivity contribution in [2.75, 3.05) is 0 Å². The third-order valence-corrected chi connectivity index (χ3v) is 5.79. The number of rotatable bonds is 8. The molecule has 0 radical (unpaired) electrons. The van der Waals surface area contributed by atoms with Crippen molar-refractivity contribution in [3.8, 4) is 0 Å². The lowest BCUT2D eigenvalue weighted by atomic mass is 9.89. The summed E-state index contributed by atoms with van der Waals surface area (Å²) in [5, 5.41) is 19.5. The Labute approximate surface area is 197 Å². The average molecular weight is 459 g/mol. The number of hydrogen-bond donors (Lipinski definition) is 2. The van der Waals surface area contributed by atoms with E-state index in [2.05, 4.69) is 0 Å². The van der Waals surface area contributed by atoms with E-state index in [0.717, 1.165) is 23.3 Å². The Bertz CT molecular complexity index is 1160. The molecular weight excluding hydrogens is 432 g/mol. The third kappa shape index (κ3) is 4.96. The molecule has 0 saturated heterocycles. The Morgan fingerprint density at radius 2 is 0.824 bits per heavy atom.